The van der Waals surface area contributed by atoms with Crippen LogP contribution in [0.25, 0.3) is 82.8 Å². The molecule has 0 saturated carbocycles. The molecule has 0 fully saturated rings. The molecule has 0 aliphatic heterocycles. The summed E-state index contributed by atoms with van der Waals surface area (Å²) in [6.45, 7) is 6.91. The molecule has 10 rings (SSSR count). The summed E-state index contributed by atoms with van der Waals surface area (Å²) in [4.78, 5) is 4.98. The molecule has 2 heteroatoms. The van der Waals surface area contributed by atoms with Crippen LogP contribution >= 0.6 is 0 Å². The van der Waals surface area contributed by atoms with E-state index in [9.17, 15) is 0 Å². The molecule has 0 radical (unpaired) electrons. The van der Waals surface area contributed by atoms with Crippen LogP contribution in [0.15, 0.2) is 164 Å². The number of hydrogen-bond donors (Lipinski definition) is 0. The summed E-state index contributed by atoms with van der Waals surface area (Å²) < 4.78 is 2.33. The molecule has 1 heterocycles. The van der Waals surface area contributed by atoms with Crippen molar-refractivity contribution in [2.45, 2.75) is 32.6 Å². The van der Waals surface area contributed by atoms with E-state index in [0.29, 0.717) is 0 Å². The second kappa shape index (κ2) is 11.6. The Morgan fingerprint density at radius 2 is 1.00 bits per heavy atom. The number of nitrogens with zero attached hydrogens (tertiary/aromatic N) is 2. The molecule has 0 spiro atoms. The second-order valence-corrected chi connectivity index (χ2v) is 14.6. The minimum absolute atomic E-state index is 0.0586. The molecule has 248 valence electrons. The van der Waals surface area contributed by atoms with E-state index in [2.05, 4.69) is 189 Å². The third kappa shape index (κ3) is 4.47. The number of aromatic nitrogens is 2. The van der Waals surface area contributed by atoms with Crippen molar-refractivity contribution in [2.75, 3.05) is 0 Å². The first-order valence-electron chi connectivity index (χ1n) is 18.4. The molecule has 0 saturated heterocycles. The van der Waals surface area contributed by atoms with E-state index < -0.39 is 0 Å². The standard InChI is InChI=1S/C50H38N2/c1-4-47-51-44-22-12-14-24-46(44)52(47)45-23-13-10-15-35(45)32-25-27-33(28-26-32)48-38-17-5-7-19-40(38)49(41-20-8-6-18-39(41)48)34-29-30-37-36-16-9-11-21-42(36)50(2,3)43(37)31-34/h5-31H,4H2,1-3H3. The number of para-hydroxylation sites is 3. The first-order chi connectivity index (χ1) is 25.5. The van der Waals surface area contributed by atoms with Crippen molar-refractivity contribution >= 4 is 32.6 Å². The topological polar surface area (TPSA) is 17.8 Å². The molecule has 0 N–H and O–H groups in total. The van der Waals surface area contributed by atoms with Crippen LogP contribution in [0.3, 0.4) is 0 Å². The molecule has 1 aliphatic rings. The molecule has 1 aromatic heterocycles. The van der Waals surface area contributed by atoms with Crippen LogP contribution in [-0.4, -0.2) is 9.55 Å². The molecular formula is C50H38N2. The van der Waals surface area contributed by atoms with Crippen LogP contribution in [0, 0.1) is 0 Å². The number of imidazole rings is 1. The fourth-order valence-electron chi connectivity index (χ4n) is 8.92. The van der Waals surface area contributed by atoms with Gasteiger partial charge >= 0.3 is 0 Å². The van der Waals surface area contributed by atoms with Crippen LogP contribution in [0.2, 0.25) is 0 Å². The average molecular weight is 667 g/mol. The molecule has 0 atom stereocenters. The number of fused-ring (bicyclic) bond motifs is 6. The second-order valence-electron chi connectivity index (χ2n) is 14.6. The predicted molar refractivity (Wildman–Crippen MR) is 219 cm³/mol. The highest BCUT2D eigenvalue weighted by Gasteiger charge is 2.35. The van der Waals surface area contributed by atoms with E-state index in [-0.39, 0.29) is 5.41 Å². The summed E-state index contributed by atoms with van der Waals surface area (Å²) >= 11 is 0. The lowest BCUT2D eigenvalue weighted by molar-refractivity contribution is 0.660. The van der Waals surface area contributed by atoms with Crippen LogP contribution in [0.4, 0.5) is 0 Å². The quantitative estimate of drug-likeness (QED) is 0.167. The van der Waals surface area contributed by atoms with E-state index in [1.807, 2.05) is 0 Å². The Hall–Kier alpha value is -6.25. The summed E-state index contributed by atoms with van der Waals surface area (Å²) in [6.07, 6.45) is 0.856. The van der Waals surface area contributed by atoms with Gasteiger partial charge in [-0.1, -0.05) is 160 Å². The molecule has 0 amide bonds. The van der Waals surface area contributed by atoms with E-state index >= 15 is 0 Å². The Balaban J connectivity index is 1.13. The first-order valence-corrected chi connectivity index (χ1v) is 18.4. The van der Waals surface area contributed by atoms with E-state index in [4.69, 9.17) is 4.98 Å². The lowest BCUT2D eigenvalue weighted by atomic mass is 9.80. The first kappa shape index (κ1) is 30.6. The van der Waals surface area contributed by atoms with Crippen molar-refractivity contribution in [3.05, 3.63) is 181 Å². The highest BCUT2D eigenvalue weighted by Crippen LogP contribution is 2.51. The highest BCUT2D eigenvalue weighted by atomic mass is 15.1. The van der Waals surface area contributed by atoms with Gasteiger partial charge < -0.3 is 0 Å². The smallest absolute Gasteiger partial charge is 0.114 e. The third-order valence-corrected chi connectivity index (χ3v) is 11.4. The van der Waals surface area contributed by atoms with Crippen molar-refractivity contribution in [2.24, 2.45) is 0 Å². The normalized spacial score (nSPS) is 13.1. The minimum atomic E-state index is -0.0586. The summed E-state index contributed by atoms with van der Waals surface area (Å²) in [5, 5.41) is 5.09. The Bertz CT molecular complexity index is 2790. The maximum atomic E-state index is 4.98. The summed E-state index contributed by atoms with van der Waals surface area (Å²) in [5.74, 6) is 1.07. The van der Waals surface area contributed by atoms with Gasteiger partial charge in [0.25, 0.3) is 0 Å². The predicted octanol–water partition coefficient (Wildman–Crippen LogP) is 13.2. The maximum Gasteiger partial charge on any atom is 0.114 e. The lowest BCUT2D eigenvalue weighted by Gasteiger charge is -2.23. The van der Waals surface area contributed by atoms with Gasteiger partial charge in [0.15, 0.2) is 0 Å². The summed E-state index contributed by atoms with van der Waals surface area (Å²) in [6, 6.07) is 60.3. The molecule has 9 aromatic rings. The van der Waals surface area contributed by atoms with Crippen molar-refractivity contribution in [3.63, 3.8) is 0 Å². The van der Waals surface area contributed by atoms with Crippen LogP contribution in [-0.2, 0) is 11.8 Å². The van der Waals surface area contributed by atoms with Gasteiger partial charge in [-0.15, -0.1) is 0 Å². The van der Waals surface area contributed by atoms with E-state index in [0.717, 1.165) is 29.0 Å². The third-order valence-electron chi connectivity index (χ3n) is 11.4. The SMILES string of the molecule is CCc1nc2ccccc2n1-c1ccccc1-c1ccc(-c2c3ccccc3c(-c3ccc4c(c3)C(C)(C)c3ccccc3-4)c3ccccc23)cc1. The Morgan fingerprint density at radius 3 is 1.69 bits per heavy atom. The van der Waals surface area contributed by atoms with E-state index in [1.54, 1.807) is 0 Å². The fraction of sp³-hybridized carbons (Fsp3) is 0.100. The van der Waals surface area contributed by atoms with Gasteiger partial charge in [0.1, 0.15) is 5.82 Å². The monoisotopic (exact) mass is 666 g/mol. The van der Waals surface area contributed by atoms with Gasteiger partial charge in [0.2, 0.25) is 0 Å². The molecule has 2 nitrogen and oxygen atoms in total. The zero-order valence-electron chi connectivity index (χ0n) is 29.7. The van der Waals surface area contributed by atoms with E-state index in [1.165, 1.54) is 77.2 Å². The molecule has 52 heavy (non-hydrogen) atoms. The Labute approximate surface area is 304 Å². The lowest BCUT2D eigenvalue weighted by Crippen LogP contribution is -2.14. The largest absolute Gasteiger partial charge is 0.296 e. The van der Waals surface area contributed by atoms with Gasteiger partial charge in [-0.25, -0.2) is 4.98 Å². The van der Waals surface area contributed by atoms with Crippen LogP contribution < -0.4 is 0 Å². The number of aryl methyl sites for hydroxylation is 1. The average Bonchev–Trinajstić information content (AvgIpc) is 3.68. The molecular weight excluding hydrogens is 629 g/mol. The Morgan fingerprint density at radius 1 is 0.481 bits per heavy atom. The van der Waals surface area contributed by atoms with Crippen molar-refractivity contribution in [1.29, 1.82) is 0 Å². The number of benzene rings is 8. The summed E-state index contributed by atoms with van der Waals surface area (Å²) in [5.41, 5.74) is 16.2. The van der Waals surface area contributed by atoms with Crippen LogP contribution in [0.5, 0.6) is 0 Å². The van der Waals surface area contributed by atoms with Gasteiger partial charge in [0.05, 0.1) is 16.7 Å². The minimum Gasteiger partial charge on any atom is -0.296 e. The molecule has 0 bridgehead atoms. The highest BCUT2D eigenvalue weighted by molar-refractivity contribution is 6.21. The van der Waals surface area contributed by atoms with Crippen LogP contribution in [0.1, 0.15) is 37.7 Å². The van der Waals surface area contributed by atoms with Crippen molar-refractivity contribution in [1.82, 2.24) is 9.55 Å². The summed E-state index contributed by atoms with van der Waals surface area (Å²) in [7, 11) is 0. The maximum absolute atomic E-state index is 4.98. The van der Waals surface area contributed by atoms with Gasteiger partial charge in [-0.05, 0) is 95.9 Å². The fourth-order valence-corrected chi connectivity index (χ4v) is 8.92. The van der Waals surface area contributed by atoms with Gasteiger partial charge in [-0.2, -0.15) is 0 Å². The molecule has 8 aromatic carbocycles. The number of rotatable bonds is 5. The molecule has 0 unspecified atom stereocenters. The molecule has 1 aliphatic carbocycles. The van der Waals surface area contributed by atoms with Crippen molar-refractivity contribution < 1.29 is 0 Å². The number of hydrogen-bond acceptors (Lipinski definition) is 1. The van der Waals surface area contributed by atoms with Crippen molar-refractivity contribution in [3.8, 4) is 50.2 Å². The van der Waals surface area contributed by atoms with Gasteiger partial charge in [-0.3, -0.25) is 4.57 Å². The van der Waals surface area contributed by atoms with Gasteiger partial charge in [0, 0.05) is 17.4 Å². The zero-order chi connectivity index (χ0) is 35.0. The zero-order valence-corrected chi connectivity index (χ0v) is 29.7. The Kier molecular flexibility index (Phi) is 6.85.